The van der Waals surface area contributed by atoms with Gasteiger partial charge in [0.2, 0.25) is 0 Å². The summed E-state index contributed by atoms with van der Waals surface area (Å²) in [6.45, 7) is 9.86. The summed E-state index contributed by atoms with van der Waals surface area (Å²) in [6, 6.07) is 2.80. The molecule has 9 nitrogen and oxygen atoms in total. The Labute approximate surface area is 181 Å². The third kappa shape index (κ3) is 3.72. The Morgan fingerprint density at radius 3 is 2.74 bits per heavy atom. The second-order valence-electron chi connectivity index (χ2n) is 8.93. The van der Waals surface area contributed by atoms with E-state index in [0.29, 0.717) is 11.7 Å². The number of piperidine rings is 1. The van der Waals surface area contributed by atoms with Crippen LogP contribution in [-0.4, -0.2) is 74.0 Å². The monoisotopic (exact) mass is 423 g/mol. The number of aromatic nitrogens is 5. The van der Waals surface area contributed by atoms with Gasteiger partial charge < -0.3 is 10.1 Å². The van der Waals surface area contributed by atoms with E-state index in [9.17, 15) is 4.79 Å². The first-order valence-corrected chi connectivity index (χ1v) is 11.0. The van der Waals surface area contributed by atoms with Gasteiger partial charge in [-0.2, -0.15) is 10.2 Å². The Morgan fingerprint density at radius 1 is 1.29 bits per heavy atom. The number of aryl methyl sites for hydroxylation is 1. The van der Waals surface area contributed by atoms with Gasteiger partial charge in [-0.25, -0.2) is 9.50 Å². The molecule has 31 heavy (non-hydrogen) atoms. The lowest BCUT2D eigenvalue weighted by Crippen LogP contribution is -2.54. The summed E-state index contributed by atoms with van der Waals surface area (Å²) in [7, 11) is 0. The first-order chi connectivity index (χ1) is 15.0. The fraction of sp³-hybridized carbons (Fsp3) is 0.545. The molecule has 0 radical (unpaired) electrons. The average molecular weight is 424 g/mol. The van der Waals surface area contributed by atoms with Crippen LogP contribution in [0.4, 0.5) is 0 Å². The van der Waals surface area contributed by atoms with Gasteiger partial charge in [0.1, 0.15) is 6.33 Å². The van der Waals surface area contributed by atoms with E-state index in [1.54, 1.807) is 10.8 Å². The maximum Gasteiger partial charge on any atom is 0.272 e. The van der Waals surface area contributed by atoms with Crippen LogP contribution in [0.1, 0.15) is 54.2 Å². The Hall–Kier alpha value is -2.78. The van der Waals surface area contributed by atoms with Crippen molar-refractivity contribution in [1.29, 1.82) is 0 Å². The van der Waals surface area contributed by atoms with Crippen LogP contribution in [0.25, 0.3) is 16.9 Å². The van der Waals surface area contributed by atoms with Gasteiger partial charge in [0.25, 0.3) is 5.91 Å². The molecular weight excluding hydrogens is 394 g/mol. The normalized spacial score (nSPS) is 18.6. The van der Waals surface area contributed by atoms with Crippen molar-refractivity contribution in [3.8, 4) is 11.3 Å². The van der Waals surface area contributed by atoms with Crippen molar-refractivity contribution in [2.45, 2.75) is 51.6 Å². The second-order valence-corrected chi connectivity index (χ2v) is 8.93. The van der Waals surface area contributed by atoms with E-state index in [2.05, 4.69) is 50.4 Å². The predicted molar refractivity (Wildman–Crippen MR) is 116 cm³/mol. The first-order valence-electron chi connectivity index (χ1n) is 11.0. The number of amides is 1. The molecule has 0 aliphatic carbocycles. The molecule has 0 unspecified atom stereocenters. The smallest absolute Gasteiger partial charge is 0.272 e. The number of pyridine rings is 1. The summed E-state index contributed by atoms with van der Waals surface area (Å²) in [4.78, 5) is 19.9. The lowest BCUT2D eigenvalue weighted by atomic mass is 9.96. The molecule has 0 atom stereocenters. The number of ether oxygens (including phenoxy) is 1. The lowest BCUT2D eigenvalue weighted by molar-refractivity contribution is -0.0717. The highest BCUT2D eigenvalue weighted by Crippen LogP contribution is 2.31. The van der Waals surface area contributed by atoms with Gasteiger partial charge in [0, 0.05) is 36.5 Å². The van der Waals surface area contributed by atoms with Gasteiger partial charge in [-0.1, -0.05) is 13.8 Å². The number of hydrogen-bond donors (Lipinski definition) is 2. The third-order valence-electron chi connectivity index (χ3n) is 6.45. The van der Waals surface area contributed by atoms with Crippen LogP contribution in [0.15, 0.2) is 18.6 Å². The topological polar surface area (TPSA) is 100 Å². The van der Waals surface area contributed by atoms with Gasteiger partial charge in [0.15, 0.2) is 11.3 Å². The van der Waals surface area contributed by atoms with Crippen molar-refractivity contribution in [2.75, 3.05) is 26.3 Å². The van der Waals surface area contributed by atoms with E-state index in [1.807, 2.05) is 13.1 Å². The molecule has 0 aromatic carbocycles. The summed E-state index contributed by atoms with van der Waals surface area (Å²) in [5.41, 5.74) is 5.07. The zero-order valence-corrected chi connectivity index (χ0v) is 18.3. The van der Waals surface area contributed by atoms with Crippen molar-refractivity contribution in [3.05, 3.63) is 35.4 Å². The molecule has 1 amide bonds. The quantitative estimate of drug-likeness (QED) is 0.652. The molecule has 0 bridgehead atoms. The molecule has 5 heterocycles. The summed E-state index contributed by atoms with van der Waals surface area (Å²) in [5.74, 6) is 0.0388. The molecule has 3 aromatic heterocycles. The average Bonchev–Trinajstić information content (AvgIpc) is 3.35. The molecule has 2 N–H and O–H groups in total. The van der Waals surface area contributed by atoms with E-state index >= 15 is 0 Å². The minimum absolute atomic E-state index is 0.102. The van der Waals surface area contributed by atoms with Gasteiger partial charge in [-0.3, -0.25) is 14.8 Å². The number of nitrogens with zero attached hydrogens (tertiary/aromatic N) is 5. The first kappa shape index (κ1) is 20.1. The number of nitrogens with one attached hydrogen (secondary N) is 2. The van der Waals surface area contributed by atoms with E-state index in [1.165, 1.54) is 0 Å². The van der Waals surface area contributed by atoms with Crippen LogP contribution >= 0.6 is 0 Å². The summed E-state index contributed by atoms with van der Waals surface area (Å²) in [6.07, 6.45) is 5.39. The Bertz CT molecular complexity index is 1090. The van der Waals surface area contributed by atoms with Crippen molar-refractivity contribution in [3.63, 3.8) is 0 Å². The molecule has 2 aliphatic heterocycles. The number of rotatable bonds is 5. The maximum atomic E-state index is 13.1. The zero-order valence-electron chi connectivity index (χ0n) is 18.3. The number of aromatic amines is 1. The van der Waals surface area contributed by atoms with E-state index in [-0.39, 0.29) is 17.9 Å². The van der Waals surface area contributed by atoms with Crippen molar-refractivity contribution >= 4 is 11.6 Å². The summed E-state index contributed by atoms with van der Waals surface area (Å²) >= 11 is 0. The molecule has 5 rings (SSSR count). The van der Waals surface area contributed by atoms with Crippen LogP contribution in [0.2, 0.25) is 0 Å². The fourth-order valence-corrected chi connectivity index (χ4v) is 4.63. The third-order valence-corrected chi connectivity index (χ3v) is 6.45. The Morgan fingerprint density at radius 2 is 2.06 bits per heavy atom. The SMILES string of the molecule is Cc1cc(-c2[nH]nc(C(=O)NC3CCN(C4COC4)CC3)c2C(C)C)cn2ncnc12. The molecule has 2 aliphatic rings. The van der Waals surface area contributed by atoms with E-state index in [4.69, 9.17) is 4.74 Å². The standard InChI is InChI=1S/C22H29N7O2/c1-13(2)18-19(15-8-14(3)21-23-12-24-29(21)9-15)26-27-20(18)22(30)25-16-4-6-28(7-5-16)17-10-31-11-17/h8-9,12-13,16-17H,4-7,10-11H2,1-3H3,(H,25,30)(H,26,27). The van der Waals surface area contributed by atoms with Crippen molar-refractivity contribution in [1.82, 2.24) is 35.0 Å². The molecule has 2 saturated heterocycles. The molecule has 0 spiro atoms. The minimum Gasteiger partial charge on any atom is -0.378 e. The highest BCUT2D eigenvalue weighted by molar-refractivity contribution is 5.96. The Kier molecular flexibility index (Phi) is 5.23. The van der Waals surface area contributed by atoms with Crippen molar-refractivity contribution < 1.29 is 9.53 Å². The second kappa shape index (κ2) is 8.05. The largest absolute Gasteiger partial charge is 0.378 e. The van der Waals surface area contributed by atoms with E-state index < -0.39 is 0 Å². The highest BCUT2D eigenvalue weighted by atomic mass is 16.5. The number of hydrogen-bond acceptors (Lipinski definition) is 6. The van der Waals surface area contributed by atoms with Crippen LogP contribution in [0.5, 0.6) is 0 Å². The summed E-state index contributed by atoms with van der Waals surface area (Å²) < 4.78 is 7.07. The lowest BCUT2D eigenvalue weighted by Gasteiger charge is -2.41. The zero-order chi connectivity index (χ0) is 21.5. The number of carbonyl (C=O) groups excluding carboxylic acids is 1. The van der Waals surface area contributed by atoms with Gasteiger partial charge in [-0.05, 0) is 37.3 Å². The molecule has 3 aromatic rings. The van der Waals surface area contributed by atoms with Gasteiger partial charge >= 0.3 is 0 Å². The summed E-state index contributed by atoms with van der Waals surface area (Å²) in [5, 5.41) is 15.0. The number of fused-ring (bicyclic) bond motifs is 1. The van der Waals surface area contributed by atoms with E-state index in [0.717, 1.165) is 67.2 Å². The van der Waals surface area contributed by atoms with Crippen molar-refractivity contribution in [2.24, 2.45) is 0 Å². The molecule has 2 fully saturated rings. The van der Waals surface area contributed by atoms with Crippen LogP contribution < -0.4 is 5.32 Å². The molecule has 0 saturated carbocycles. The number of H-pyrrole nitrogens is 1. The molecule has 9 heteroatoms. The van der Waals surface area contributed by atoms with Crippen LogP contribution in [0.3, 0.4) is 0 Å². The van der Waals surface area contributed by atoms with Gasteiger partial charge in [0.05, 0.1) is 24.9 Å². The molecular formula is C22H29N7O2. The van der Waals surface area contributed by atoms with Crippen LogP contribution in [-0.2, 0) is 4.74 Å². The number of carbonyl (C=O) groups is 1. The Balaban J connectivity index is 1.35. The fourth-order valence-electron chi connectivity index (χ4n) is 4.63. The maximum absolute atomic E-state index is 13.1. The van der Waals surface area contributed by atoms with Crippen LogP contribution in [0, 0.1) is 6.92 Å². The molecule has 164 valence electrons. The van der Waals surface area contributed by atoms with Gasteiger partial charge in [-0.15, -0.1) is 0 Å². The number of likely N-dealkylation sites (tertiary alicyclic amines) is 1. The minimum atomic E-state index is -0.102. The predicted octanol–water partition coefficient (Wildman–Crippen LogP) is 2.14. The highest BCUT2D eigenvalue weighted by Gasteiger charge is 2.31.